The molecule has 0 aliphatic carbocycles. The summed E-state index contributed by atoms with van der Waals surface area (Å²) < 4.78 is 0. The first kappa shape index (κ1) is 15.6. The molecule has 1 aliphatic rings. The third kappa shape index (κ3) is 3.24. The summed E-state index contributed by atoms with van der Waals surface area (Å²) in [4.78, 5) is 27.6. The Morgan fingerprint density at radius 2 is 1.83 bits per heavy atom. The van der Waals surface area contributed by atoms with E-state index in [1.54, 1.807) is 11.0 Å². The summed E-state index contributed by atoms with van der Waals surface area (Å²) in [5.74, 6) is -0.241. The van der Waals surface area contributed by atoms with Gasteiger partial charge in [0.2, 0.25) is 5.91 Å². The van der Waals surface area contributed by atoms with E-state index in [4.69, 9.17) is 0 Å². The summed E-state index contributed by atoms with van der Waals surface area (Å²) >= 11 is 1.52. The maximum atomic E-state index is 12.5. The molecule has 1 N–H and O–H groups in total. The van der Waals surface area contributed by atoms with E-state index < -0.39 is 6.04 Å². The van der Waals surface area contributed by atoms with Gasteiger partial charge in [0, 0.05) is 17.1 Å². The van der Waals surface area contributed by atoms with E-state index in [1.807, 2.05) is 54.8 Å². The minimum Gasteiger partial charge on any atom is -0.340 e. The molecule has 2 aromatic carbocycles. The maximum Gasteiger partial charge on any atom is 0.253 e. The second-order valence-electron chi connectivity index (χ2n) is 5.34. The van der Waals surface area contributed by atoms with Crippen molar-refractivity contribution in [2.24, 2.45) is 0 Å². The van der Waals surface area contributed by atoms with Crippen LogP contribution in [-0.4, -0.2) is 30.7 Å². The van der Waals surface area contributed by atoms with Crippen molar-refractivity contribution >= 4 is 29.3 Å². The highest BCUT2D eigenvalue weighted by Gasteiger charge is 2.33. The molecule has 3 rings (SSSR count). The van der Waals surface area contributed by atoms with Crippen LogP contribution < -0.4 is 10.2 Å². The highest BCUT2D eigenvalue weighted by Crippen LogP contribution is 2.23. The van der Waals surface area contributed by atoms with Crippen LogP contribution in [0.5, 0.6) is 0 Å². The van der Waals surface area contributed by atoms with Gasteiger partial charge in [0.05, 0.1) is 5.56 Å². The number of carbonyl (C=O) groups is 2. The number of anilines is 1. The third-order valence-corrected chi connectivity index (χ3v) is 4.73. The SMILES string of the molecule is CSc1ccccc1C(=O)N[C@@H]1CCN(c2ccccc2)C1=O. The Hall–Kier alpha value is -2.27. The Balaban J connectivity index is 1.72. The lowest BCUT2D eigenvalue weighted by molar-refractivity contribution is -0.118. The second kappa shape index (κ2) is 6.87. The first-order valence-corrected chi connectivity index (χ1v) is 8.73. The van der Waals surface area contributed by atoms with Crippen LogP contribution in [0.3, 0.4) is 0 Å². The number of amides is 2. The number of hydrogen-bond acceptors (Lipinski definition) is 3. The zero-order valence-electron chi connectivity index (χ0n) is 12.9. The molecule has 0 radical (unpaired) electrons. The lowest BCUT2D eigenvalue weighted by atomic mass is 10.2. The van der Waals surface area contributed by atoms with Gasteiger partial charge in [-0.25, -0.2) is 0 Å². The third-order valence-electron chi connectivity index (χ3n) is 3.93. The van der Waals surface area contributed by atoms with E-state index >= 15 is 0 Å². The second-order valence-corrected chi connectivity index (χ2v) is 6.19. The molecule has 1 atom stereocenters. The van der Waals surface area contributed by atoms with Gasteiger partial charge in [-0.15, -0.1) is 11.8 Å². The van der Waals surface area contributed by atoms with Crippen LogP contribution in [0, 0.1) is 0 Å². The van der Waals surface area contributed by atoms with E-state index in [0.29, 0.717) is 18.5 Å². The van der Waals surface area contributed by atoms with Crippen LogP contribution in [0.2, 0.25) is 0 Å². The van der Waals surface area contributed by atoms with Crippen molar-refractivity contribution in [3.63, 3.8) is 0 Å². The number of hydrogen-bond donors (Lipinski definition) is 1. The summed E-state index contributed by atoms with van der Waals surface area (Å²) in [7, 11) is 0. The van der Waals surface area contributed by atoms with Gasteiger partial charge < -0.3 is 10.2 Å². The fraction of sp³-hybridized carbons (Fsp3) is 0.222. The zero-order valence-corrected chi connectivity index (χ0v) is 13.7. The van der Waals surface area contributed by atoms with Gasteiger partial charge in [-0.2, -0.15) is 0 Å². The first-order valence-electron chi connectivity index (χ1n) is 7.51. The highest BCUT2D eigenvalue weighted by atomic mass is 32.2. The Bertz CT molecular complexity index is 718. The molecule has 2 amide bonds. The fourth-order valence-electron chi connectivity index (χ4n) is 2.75. The maximum absolute atomic E-state index is 12.5. The molecule has 1 saturated heterocycles. The summed E-state index contributed by atoms with van der Waals surface area (Å²) in [5, 5.41) is 2.88. The van der Waals surface area contributed by atoms with Gasteiger partial charge in [-0.1, -0.05) is 30.3 Å². The molecule has 4 nitrogen and oxygen atoms in total. The van der Waals surface area contributed by atoms with Gasteiger partial charge >= 0.3 is 0 Å². The van der Waals surface area contributed by atoms with Crippen molar-refractivity contribution < 1.29 is 9.59 Å². The van der Waals surface area contributed by atoms with Crippen molar-refractivity contribution in [3.05, 3.63) is 60.2 Å². The smallest absolute Gasteiger partial charge is 0.253 e. The molecule has 1 fully saturated rings. The largest absolute Gasteiger partial charge is 0.340 e. The number of benzene rings is 2. The van der Waals surface area contributed by atoms with E-state index in [1.165, 1.54) is 11.8 Å². The molecule has 2 aromatic rings. The summed E-state index contributed by atoms with van der Waals surface area (Å²) in [6.07, 6.45) is 2.56. The zero-order chi connectivity index (χ0) is 16.2. The number of para-hydroxylation sites is 1. The summed E-state index contributed by atoms with van der Waals surface area (Å²) in [6.45, 7) is 0.623. The lowest BCUT2D eigenvalue weighted by Crippen LogP contribution is -2.41. The Morgan fingerprint density at radius 3 is 2.57 bits per heavy atom. The fourth-order valence-corrected chi connectivity index (χ4v) is 3.34. The Kier molecular flexibility index (Phi) is 4.67. The molecule has 0 saturated carbocycles. The van der Waals surface area contributed by atoms with Crippen LogP contribution in [-0.2, 0) is 4.79 Å². The van der Waals surface area contributed by atoms with Gasteiger partial charge in [-0.3, -0.25) is 9.59 Å². The van der Waals surface area contributed by atoms with Crippen molar-refractivity contribution in [1.29, 1.82) is 0 Å². The van der Waals surface area contributed by atoms with Crippen LogP contribution in [0.4, 0.5) is 5.69 Å². The van der Waals surface area contributed by atoms with Crippen LogP contribution >= 0.6 is 11.8 Å². The number of nitrogens with one attached hydrogen (secondary N) is 1. The average molecular weight is 326 g/mol. The molecule has 0 bridgehead atoms. The molecule has 23 heavy (non-hydrogen) atoms. The molecule has 118 valence electrons. The topological polar surface area (TPSA) is 49.4 Å². The van der Waals surface area contributed by atoms with Crippen molar-refractivity contribution in [3.8, 4) is 0 Å². The summed E-state index contributed by atoms with van der Waals surface area (Å²) in [5.41, 5.74) is 1.49. The van der Waals surface area contributed by atoms with Gasteiger partial charge in [0.15, 0.2) is 0 Å². The number of nitrogens with zero attached hydrogens (tertiary/aromatic N) is 1. The molecule has 5 heteroatoms. The molecule has 0 unspecified atom stereocenters. The number of carbonyl (C=O) groups excluding carboxylic acids is 2. The molecule has 1 heterocycles. The van der Waals surface area contributed by atoms with E-state index in [9.17, 15) is 9.59 Å². The molecular weight excluding hydrogens is 308 g/mol. The molecule has 0 aromatic heterocycles. The monoisotopic (exact) mass is 326 g/mol. The highest BCUT2D eigenvalue weighted by molar-refractivity contribution is 7.98. The van der Waals surface area contributed by atoms with Gasteiger partial charge in [0.1, 0.15) is 6.04 Å². The van der Waals surface area contributed by atoms with E-state index in [0.717, 1.165) is 10.6 Å². The lowest BCUT2D eigenvalue weighted by Gasteiger charge is -2.17. The normalized spacial score (nSPS) is 17.3. The van der Waals surface area contributed by atoms with Crippen molar-refractivity contribution in [2.75, 3.05) is 17.7 Å². The average Bonchev–Trinajstić information content (AvgIpc) is 2.96. The minimum absolute atomic E-state index is 0.0498. The first-order chi connectivity index (χ1) is 11.2. The quantitative estimate of drug-likeness (QED) is 0.879. The Labute approximate surface area is 139 Å². The van der Waals surface area contributed by atoms with Crippen molar-refractivity contribution in [2.45, 2.75) is 17.4 Å². The van der Waals surface area contributed by atoms with E-state index in [-0.39, 0.29) is 11.8 Å². The predicted octanol–water partition coefficient (Wildman–Crippen LogP) is 2.94. The Morgan fingerprint density at radius 1 is 1.13 bits per heavy atom. The van der Waals surface area contributed by atoms with Crippen LogP contribution in [0.25, 0.3) is 0 Å². The summed E-state index contributed by atoms with van der Waals surface area (Å²) in [6, 6.07) is 16.5. The van der Waals surface area contributed by atoms with Crippen molar-refractivity contribution in [1.82, 2.24) is 5.32 Å². The standard InChI is InChI=1S/C18H18N2O2S/c1-23-16-10-6-5-9-14(16)17(21)19-15-11-12-20(18(15)22)13-7-3-2-4-8-13/h2-10,15H,11-12H2,1H3,(H,19,21)/t15-/m1/s1. The van der Waals surface area contributed by atoms with E-state index in [2.05, 4.69) is 5.32 Å². The van der Waals surface area contributed by atoms with Gasteiger partial charge in [-0.05, 0) is 36.9 Å². The number of rotatable bonds is 4. The molecular formula is C18H18N2O2S. The van der Waals surface area contributed by atoms with Crippen LogP contribution in [0.1, 0.15) is 16.8 Å². The molecule has 1 aliphatic heterocycles. The number of thioether (sulfide) groups is 1. The molecule has 0 spiro atoms. The minimum atomic E-state index is -0.461. The van der Waals surface area contributed by atoms with Crippen LogP contribution in [0.15, 0.2) is 59.5 Å². The van der Waals surface area contributed by atoms with Gasteiger partial charge in [0.25, 0.3) is 5.91 Å². The predicted molar refractivity (Wildman–Crippen MR) is 92.9 cm³/mol.